The standard InChI is InChI=1S/C15H30N2/c1-15(2,3)12-5-7-13(8-6-12)17(4)14-9-10-16-11-14/h12-14,16H,5-11H2,1-4H3. The largest absolute Gasteiger partial charge is 0.315 e. The van der Waals surface area contributed by atoms with Gasteiger partial charge in [-0.25, -0.2) is 0 Å². The van der Waals surface area contributed by atoms with Gasteiger partial charge in [0.2, 0.25) is 0 Å². The Morgan fingerprint density at radius 1 is 0.941 bits per heavy atom. The van der Waals surface area contributed by atoms with Crippen molar-refractivity contribution in [1.29, 1.82) is 0 Å². The van der Waals surface area contributed by atoms with Gasteiger partial charge in [-0.05, 0) is 57.0 Å². The van der Waals surface area contributed by atoms with Gasteiger partial charge in [0.25, 0.3) is 0 Å². The third kappa shape index (κ3) is 3.23. The van der Waals surface area contributed by atoms with Crippen molar-refractivity contribution in [3.63, 3.8) is 0 Å². The average molecular weight is 238 g/mol. The van der Waals surface area contributed by atoms with Crippen LogP contribution in [0.4, 0.5) is 0 Å². The summed E-state index contributed by atoms with van der Waals surface area (Å²) in [5.74, 6) is 0.939. The topological polar surface area (TPSA) is 15.3 Å². The number of nitrogens with zero attached hydrogens (tertiary/aromatic N) is 1. The third-order valence-corrected chi connectivity index (χ3v) is 5.11. The van der Waals surface area contributed by atoms with E-state index in [0.29, 0.717) is 5.41 Å². The highest BCUT2D eigenvalue weighted by Gasteiger charge is 2.33. The van der Waals surface area contributed by atoms with Crippen LogP contribution in [-0.4, -0.2) is 37.1 Å². The van der Waals surface area contributed by atoms with Crippen molar-refractivity contribution in [2.75, 3.05) is 20.1 Å². The number of hydrogen-bond donors (Lipinski definition) is 1. The van der Waals surface area contributed by atoms with E-state index in [-0.39, 0.29) is 0 Å². The molecule has 2 rings (SSSR count). The fourth-order valence-electron chi connectivity index (χ4n) is 3.63. The van der Waals surface area contributed by atoms with E-state index in [1.165, 1.54) is 45.2 Å². The predicted octanol–water partition coefficient (Wildman–Crippen LogP) is 2.89. The summed E-state index contributed by atoms with van der Waals surface area (Å²) in [5.41, 5.74) is 0.512. The molecule has 1 saturated carbocycles. The maximum atomic E-state index is 3.48. The van der Waals surface area contributed by atoms with Crippen molar-refractivity contribution >= 4 is 0 Å². The Morgan fingerprint density at radius 3 is 2.06 bits per heavy atom. The second-order valence-corrected chi connectivity index (χ2v) is 7.18. The number of nitrogens with one attached hydrogen (secondary N) is 1. The van der Waals surface area contributed by atoms with E-state index in [9.17, 15) is 0 Å². The smallest absolute Gasteiger partial charge is 0.0232 e. The monoisotopic (exact) mass is 238 g/mol. The highest BCUT2D eigenvalue weighted by molar-refractivity contribution is 4.88. The molecule has 0 radical (unpaired) electrons. The van der Waals surface area contributed by atoms with Gasteiger partial charge in [0, 0.05) is 18.6 Å². The molecule has 1 atom stereocenters. The minimum absolute atomic E-state index is 0.512. The minimum Gasteiger partial charge on any atom is -0.315 e. The van der Waals surface area contributed by atoms with Crippen molar-refractivity contribution in [1.82, 2.24) is 10.2 Å². The first-order valence-electron chi connectivity index (χ1n) is 7.41. The van der Waals surface area contributed by atoms with Crippen molar-refractivity contribution in [3.05, 3.63) is 0 Å². The molecule has 1 N–H and O–H groups in total. The lowest BCUT2D eigenvalue weighted by atomic mass is 9.71. The molecule has 2 aliphatic rings. The predicted molar refractivity (Wildman–Crippen MR) is 74.2 cm³/mol. The summed E-state index contributed by atoms with van der Waals surface area (Å²) < 4.78 is 0. The van der Waals surface area contributed by atoms with Crippen LogP contribution in [0.25, 0.3) is 0 Å². The molecular weight excluding hydrogens is 208 g/mol. The molecule has 100 valence electrons. The van der Waals surface area contributed by atoms with Gasteiger partial charge < -0.3 is 5.32 Å². The maximum absolute atomic E-state index is 3.48. The van der Waals surface area contributed by atoms with Gasteiger partial charge in [-0.3, -0.25) is 4.90 Å². The Balaban J connectivity index is 1.82. The van der Waals surface area contributed by atoms with E-state index in [1.54, 1.807) is 0 Å². The van der Waals surface area contributed by atoms with Crippen LogP contribution in [-0.2, 0) is 0 Å². The van der Waals surface area contributed by atoms with Gasteiger partial charge in [-0.15, -0.1) is 0 Å². The van der Waals surface area contributed by atoms with Crippen LogP contribution in [0.1, 0.15) is 52.9 Å². The number of hydrogen-bond acceptors (Lipinski definition) is 2. The summed E-state index contributed by atoms with van der Waals surface area (Å²) in [4.78, 5) is 2.67. The van der Waals surface area contributed by atoms with Gasteiger partial charge in [-0.1, -0.05) is 20.8 Å². The molecule has 2 heteroatoms. The molecule has 1 aliphatic carbocycles. The zero-order valence-electron chi connectivity index (χ0n) is 12.1. The maximum Gasteiger partial charge on any atom is 0.0232 e. The lowest BCUT2D eigenvalue weighted by molar-refractivity contribution is 0.0906. The minimum atomic E-state index is 0.512. The molecule has 2 nitrogen and oxygen atoms in total. The first kappa shape index (κ1) is 13.4. The van der Waals surface area contributed by atoms with Gasteiger partial charge in [0.15, 0.2) is 0 Å². The second-order valence-electron chi connectivity index (χ2n) is 7.18. The molecular formula is C15H30N2. The summed E-state index contributed by atoms with van der Waals surface area (Å²) in [6.45, 7) is 9.63. The summed E-state index contributed by atoms with van der Waals surface area (Å²) in [6, 6.07) is 1.64. The van der Waals surface area contributed by atoms with Crippen LogP contribution in [0.3, 0.4) is 0 Å². The van der Waals surface area contributed by atoms with E-state index in [2.05, 4.69) is 38.0 Å². The number of rotatable bonds is 2. The molecule has 0 aromatic carbocycles. The molecule has 1 saturated heterocycles. The first-order valence-corrected chi connectivity index (χ1v) is 7.41. The first-order chi connectivity index (χ1) is 7.98. The van der Waals surface area contributed by atoms with Gasteiger partial charge in [0.1, 0.15) is 0 Å². The molecule has 1 aliphatic heterocycles. The Kier molecular flexibility index (Phi) is 4.14. The molecule has 0 amide bonds. The molecule has 0 aromatic rings. The fourth-order valence-corrected chi connectivity index (χ4v) is 3.63. The third-order valence-electron chi connectivity index (χ3n) is 5.11. The summed E-state index contributed by atoms with van der Waals surface area (Å²) in [7, 11) is 2.35. The Hall–Kier alpha value is -0.0800. The molecule has 2 fully saturated rings. The SMILES string of the molecule is CN(C1CCC(C(C)(C)C)CC1)C1CCNC1. The van der Waals surface area contributed by atoms with E-state index in [4.69, 9.17) is 0 Å². The van der Waals surface area contributed by atoms with Crippen LogP contribution < -0.4 is 5.32 Å². The van der Waals surface area contributed by atoms with Crippen molar-refractivity contribution < 1.29 is 0 Å². The van der Waals surface area contributed by atoms with Crippen LogP contribution in [0.5, 0.6) is 0 Å². The fraction of sp³-hybridized carbons (Fsp3) is 1.00. The average Bonchev–Trinajstić information content (AvgIpc) is 2.80. The number of likely N-dealkylation sites (N-methyl/N-ethyl adjacent to an activating group) is 1. The molecule has 1 unspecified atom stereocenters. The Labute approximate surface area is 107 Å². The zero-order chi connectivity index (χ0) is 12.5. The van der Waals surface area contributed by atoms with Crippen LogP contribution in [0.15, 0.2) is 0 Å². The summed E-state index contributed by atoms with van der Waals surface area (Å²) in [5, 5.41) is 3.48. The van der Waals surface area contributed by atoms with Crippen molar-refractivity contribution in [3.8, 4) is 0 Å². The van der Waals surface area contributed by atoms with Crippen LogP contribution in [0, 0.1) is 11.3 Å². The Bertz CT molecular complexity index is 230. The molecule has 0 bridgehead atoms. The summed E-state index contributed by atoms with van der Waals surface area (Å²) in [6.07, 6.45) is 7.02. The molecule has 0 spiro atoms. The molecule has 17 heavy (non-hydrogen) atoms. The normalized spacial score (nSPS) is 35.5. The van der Waals surface area contributed by atoms with E-state index >= 15 is 0 Å². The van der Waals surface area contributed by atoms with Crippen LogP contribution in [0.2, 0.25) is 0 Å². The molecule has 0 aromatic heterocycles. The van der Waals surface area contributed by atoms with Gasteiger partial charge in [0.05, 0.1) is 0 Å². The van der Waals surface area contributed by atoms with Crippen molar-refractivity contribution in [2.24, 2.45) is 11.3 Å². The summed E-state index contributed by atoms with van der Waals surface area (Å²) >= 11 is 0. The molecule has 1 heterocycles. The Morgan fingerprint density at radius 2 is 1.59 bits per heavy atom. The lowest BCUT2D eigenvalue weighted by Crippen LogP contribution is -2.44. The highest BCUT2D eigenvalue weighted by Crippen LogP contribution is 2.39. The zero-order valence-corrected chi connectivity index (χ0v) is 12.1. The van der Waals surface area contributed by atoms with Crippen LogP contribution >= 0.6 is 0 Å². The highest BCUT2D eigenvalue weighted by atomic mass is 15.2. The van der Waals surface area contributed by atoms with E-state index < -0.39 is 0 Å². The van der Waals surface area contributed by atoms with E-state index in [0.717, 1.165) is 18.0 Å². The quantitative estimate of drug-likeness (QED) is 0.796. The van der Waals surface area contributed by atoms with Crippen molar-refractivity contribution in [2.45, 2.75) is 65.0 Å². The second kappa shape index (κ2) is 5.27. The lowest BCUT2D eigenvalue weighted by Gasteiger charge is -2.41. The van der Waals surface area contributed by atoms with Gasteiger partial charge >= 0.3 is 0 Å². The van der Waals surface area contributed by atoms with E-state index in [1.807, 2.05) is 0 Å². The van der Waals surface area contributed by atoms with Gasteiger partial charge in [-0.2, -0.15) is 0 Å².